The van der Waals surface area contributed by atoms with Crippen molar-refractivity contribution in [2.24, 2.45) is 0 Å². The Kier molecular flexibility index (Phi) is 10.2. The smallest absolute Gasteiger partial charge is 0.224 e. The summed E-state index contributed by atoms with van der Waals surface area (Å²) < 4.78 is 11.1. The fraction of sp³-hybridized carbons (Fsp3) is 0.567. The molecule has 6 heteroatoms. The summed E-state index contributed by atoms with van der Waals surface area (Å²) >= 11 is 0. The van der Waals surface area contributed by atoms with Crippen LogP contribution in [0.15, 0.2) is 36.4 Å². The summed E-state index contributed by atoms with van der Waals surface area (Å²) in [7, 11) is 1.63. The molecule has 2 aromatic carbocycles. The fourth-order valence-corrected chi connectivity index (χ4v) is 4.94. The third kappa shape index (κ3) is 7.97. The molecular formula is C30H44N2O4. The van der Waals surface area contributed by atoms with Crippen molar-refractivity contribution in [1.82, 2.24) is 4.90 Å². The van der Waals surface area contributed by atoms with E-state index in [2.05, 4.69) is 56.1 Å². The molecule has 36 heavy (non-hydrogen) atoms. The highest BCUT2D eigenvalue weighted by molar-refractivity contribution is 5.92. The van der Waals surface area contributed by atoms with E-state index in [0.29, 0.717) is 12.2 Å². The number of aromatic hydroxyl groups is 1. The van der Waals surface area contributed by atoms with E-state index in [9.17, 15) is 9.90 Å². The molecule has 1 atom stereocenters. The van der Waals surface area contributed by atoms with Gasteiger partial charge in [0, 0.05) is 37.3 Å². The number of phenolic OH excluding ortho intramolecular Hbond substituents is 1. The summed E-state index contributed by atoms with van der Waals surface area (Å²) in [6.45, 7) is 12.9. The molecule has 0 aromatic heterocycles. The van der Waals surface area contributed by atoms with Crippen LogP contribution in [0.5, 0.6) is 11.5 Å². The van der Waals surface area contributed by atoms with Crippen molar-refractivity contribution in [3.63, 3.8) is 0 Å². The van der Waals surface area contributed by atoms with Crippen LogP contribution in [0.25, 0.3) is 0 Å². The molecule has 2 N–H and O–H groups in total. The Bertz CT molecular complexity index is 993. The molecule has 198 valence electrons. The Morgan fingerprint density at radius 1 is 1.14 bits per heavy atom. The van der Waals surface area contributed by atoms with Crippen molar-refractivity contribution in [2.45, 2.75) is 77.7 Å². The monoisotopic (exact) mass is 496 g/mol. The van der Waals surface area contributed by atoms with Gasteiger partial charge in [0.05, 0.1) is 20.3 Å². The zero-order valence-corrected chi connectivity index (χ0v) is 22.7. The highest BCUT2D eigenvalue weighted by atomic mass is 16.5. The second-order valence-corrected chi connectivity index (χ2v) is 10.9. The number of nitrogens with one attached hydrogen (secondary N) is 1. The molecule has 1 aliphatic heterocycles. The van der Waals surface area contributed by atoms with Gasteiger partial charge in [-0.05, 0) is 53.1 Å². The van der Waals surface area contributed by atoms with E-state index in [1.54, 1.807) is 25.3 Å². The molecule has 1 saturated heterocycles. The Balaban J connectivity index is 1.82. The average Bonchev–Trinajstić information content (AvgIpc) is 2.83. The molecule has 0 spiro atoms. The van der Waals surface area contributed by atoms with Gasteiger partial charge in [0.2, 0.25) is 5.91 Å². The number of morpholine rings is 1. The van der Waals surface area contributed by atoms with Crippen molar-refractivity contribution in [2.75, 3.05) is 38.7 Å². The van der Waals surface area contributed by atoms with E-state index in [-0.39, 0.29) is 23.0 Å². The number of carbonyl (C=O) groups is 1. The number of benzene rings is 2. The number of methoxy groups -OCH3 is 1. The lowest BCUT2D eigenvalue weighted by molar-refractivity contribution is -0.116. The maximum atomic E-state index is 13.5. The molecule has 1 heterocycles. The van der Waals surface area contributed by atoms with Crippen LogP contribution in [0.2, 0.25) is 0 Å². The van der Waals surface area contributed by atoms with Gasteiger partial charge in [-0.2, -0.15) is 0 Å². The van der Waals surface area contributed by atoms with E-state index in [1.807, 2.05) is 0 Å². The zero-order valence-electron chi connectivity index (χ0n) is 22.7. The molecular weight excluding hydrogens is 452 g/mol. The predicted octanol–water partition coefficient (Wildman–Crippen LogP) is 6.22. The van der Waals surface area contributed by atoms with Gasteiger partial charge in [-0.3, -0.25) is 9.69 Å². The number of carbonyl (C=O) groups excluding carboxylic acids is 1. The summed E-state index contributed by atoms with van der Waals surface area (Å²) in [4.78, 5) is 15.8. The van der Waals surface area contributed by atoms with Crippen LogP contribution in [0.4, 0.5) is 5.69 Å². The van der Waals surface area contributed by atoms with Gasteiger partial charge in [-0.15, -0.1) is 0 Å². The van der Waals surface area contributed by atoms with Gasteiger partial charge in [0.15, 0.2) is 0 Å². The zero-order chi connectivity index (χ0) is 26.1. The van der Waals surface area contributed by atoms with Crippen molar-refractivity contribution < 1.29 is 19.4 Å². The minimum absolute atomic E-state index is 0.0177. The second-order valence-electron chi connectivity index (χ2n) is 10.9. The summed E-state index contributed by atoms with van der Waals surface area (Å²) in [5, 5.41) is 13.4. The quantitative estimate of drug-likeness (QED) is 0.361. The Labute approximate surface area is 217 Å². The van der Waals surface area contributed by atoms with Gasteiger partial charge in [0.25, 0.3) is 0 Å². The summed E-state index contributed by atoms with van der Waals surface area (Å²) in [5.74, 6) is 0.853. The predicted molar refractivity (Wildman–Crippen MR) is 146 cm³/mol. The number of amides is 1. The number of ether oxygens (including phenoxy) is 2. The lowest BCUT2D eigenvalue weighted by Gasteiger charge is -2.28. The summed E-state index contributed by atoms with van der Waals surface area (Å²) in [5.41, 5.74) is 3.98. The second kappa shape index (κ2) is 13.1. The van der Waals surface area contributed by atoms with Gasteiger partial charge in [-0.25, -0.2) is 0 Å². The number of anilines is 1. The Morgan fingerprint density at radius 2 is 1.89 bits per heavy atom. The molecule has 0 aliphatic carbocycles. The van der Waals surface area contributed by atoms with Crippen molar-refractivity contribution >= 4 is 11.6 Å². The van der Waals surface area contributed by atoms with Crippen LogP contribution in [-0.4, -0.2) is 49.3 Å². The normalized spacial score (nSPS) is 15.5. The van der Waals surface area contributed by atoms with Crippen molar-refractivity contribution in [1.29, 1.82) is 0 Å². The van der Waals surface area contributed by atoms with E-state index in [4.69, 9.17) is 9.47 Å². The maximum absolute atomic E-state index is 13.5. The number of rotatable bonds is 11. The first-order valence-electron chi connectivity index (χ1n) is 13.3. The van der Waals surface area contributed by atoms with E-state index in [1.165, 1.54) is 5.56 Å². The maximum Gasteiger partial charge on any atom is 0.224 e. The molecule has 0 saturated carbocycles. The first-order valence-corrected chi connectivity index (χ1v) is 13.3. The third-order valence-electron chi connectivity index (χ3n) is 6.92. The molecule has 1 aliphatic rings. The van der Waals surface area contributed by atoms with E-state index < -0.39 is 0 Å². The minimum Gasteiger partial charge on any atom is -0.508 e. The minimum atomic E-state index is -0.102. The van der Waals surface area contributed by atoms with Crippen LogP contribution in [0.3, 0.4) is 0 Å². The van der Waals surface area contributed by atoms with E-state index in [0.717, 1.165) is 75.3 Å². The number of unbranched alkanes of at least 4 members (excludes halogenated alkanes) is 2. The van der Waals surface area contributed by atoms with Gasteiger partial charge >= 0.3 is 0 Å². The van der Waals surface area contributed by atoms with Crippen LogP contribution in [-0.2, 0) is 21.5 Å². The highest BCUT2D eigenvalue weighted by Crippen LogP contribution is 2.36. The van der Waals surface area contributed by atoms with Crippen LogP contribution < -0.4 is 10.1 Å². The molecule has 1 amide bonds. The first kappa shape index (κ1) is 28.0. The van der Waals surface area contributed by atoms with Crippen molar-refractivity contribution in [3.8, 4) is 11.5 Å². The Hall–Kier alpha value is -2.57. The SMILES string of the molecule is CCCCCC(CC(=O)Nc1cc(CN2CCOCC2)ccc1C(C)(C)C)c1cc(O)ccc1OC. The number of phenols is 1. The number of hydrogen-bond acceptors (Lipinski definition) is 5. The molecule has 1 unspecified atom stereocenters. The molecule has 3 rings (SSSR count). The lowest BCUT2D eigenvalue weighted by atomic mass is 9.84. The lowest BCUT2D eigenvalue weighted by Crippen LogP contribution is -2.35. The largest absolute Gasteiger partial charge is 0.508 e. The van der Waals surface area contributed by atoms with Gasteiger partial charge in [0.1, 0.15) is 11.5 Å². The average molecular weight is 497 g/mol. The van der Waals surface area contributed by atoms with Gasteiger partial charge in [-0.1, -0.05) is 59.1 Å². The summed E-state index contributed by atoms with van der Waals surface area (Å²) in [6.07, 6.45) is 4.44. The molecule has 1 fully saturated rings. The van der Waals surface area contributed by atoms with Crippen molar-refractivity contribution in [3.05, 3.63) is 53.1 Å². The summed E-state index contributed by atoms with van der Waals surface area (Å²) in [6, 6.07) is 11.6. The van der Waals surface area contributed by atoms with Gasteiger partial charge < -0.3 is 19.9 Å². The van der Waals surface area contributed by atoms with Crippen LogP contribution in [0, 0.1) is 0 Å². The fourth-order valence-electron chi connectivity index (χ4n) is 4.94. The topological polar surface area (TPSA) is 71.0 Å². The standard InChI is InChI=1S/C30H44N2O4/c1-6-7-8-9-23(25-20-24(33)11-13-28(25)35-5)19-29(34)31-27-18-22(10-12-26(27)30(2,3)4)21-32-14-16-36-17-15-32/h10-13,18,20,23,33H,6-9,14-17,19,21H2,1-5H3,(H,31,34). The van der Waals surface area contributed by atoms with E-state index >= 15 is 0 Å². The van der Waals surface area contributed by atoms with Crippen LogP contribution in [0.1, 0.15) is 82.4 Å². The molecule has 0 bridgehead atoms. The first-order chi connectivity index (χ1) is 17.2. The highest BCUT2D eigenvalue weighted by Gasteiger charge is 2.24. The van der Waals surface area contributed by atoms with Crippen LogP contribution >= 0.6 is 0 Å². The number of hydrogen-bond donors (Lipinski definition) is 2. The third-order valence-corrected chi connectivity index (χ3v) is 6.92. The number of nitrogens with zero attached hydrogens (tertiary/aromatic N) is 1. The molecule has 6 nitrogen and oxygen atoms in total. The molecule has 2 aromatic rings. The Morgan fingerprint density at radius 3 is 2.56 bits per heavy atom. The molecule has 0 radical (unpaired) electrons.